The molecule has 0 spiro atoms. The second-order valence-corrected chi connectivity index (χ2v) is 13.7. The number of hydrogen-bond donors (Lipinski definition) is 1. The Morgan fingerprint density at radius 1 is 0.976 bits per heavy atom. The van der Waals surface area contributed by atoms with Gasteiger partial charge in [-0.1, -0.05) is 0 Å². The third kappa shape index (κ3) is 6.27. The van der Waals surface area contributed by atoms with Crippen LogP contribution in [0.5, 0.6) is 0 Å². The van der Waals surface area contributed by atoms with Crippen molar-refractivity contribution in [1.29, 1.82) is 0 Å². The van der Waals surface area contributed by atoms with E-state index in [0.29, 0.717) is 28.9 Å². The number of hydrogen-bond acceptors (Lipinski definition) is 9. The van der Waals surface area contributed by atoms with Crippen molar-refractivity contribution in [2.45, 2.75) is 56.2 Å². The average molecular weight is 584 g/mol. The number of alkyl carbamates (subject to hydrolysis) is 1. The summed E-state index contributed by atoms with van der Waals surface area (Å²) in [6.07, 6.45) is 3.98. The smallest absolute Gasteiger partial charge is 0.407 e. The van der Waals surface area contributed by atoms with Crippen molar-refractivity contribution in [3.8, 4) is 0 Å². The minimum atomic E-state index is -3.23. The van der Waals surface area contributed by atoms with Gasteiger partial charge in [0.1, 0.15) is 17.1 Å². The molecule has 41 heavy (non-hydrogen) atoms. The molecule has 1 amide bonds. The number of sulfone groups is 1. The zero-order chi connectivity index (χ0) is 29.5. The zero-order valence-corrected chi connectivity index (χ0v) is 24.9. The van der Waals surface area contributed by atoms with Crippen LogP contribution < -0.4 is 15.1 Å². The fourth-order valence-electron chi connectivity index (χ4n) is 5.35. The molecule has 1 aromatic carbocycles. The van der Waals surface area contributed by atoms with Crippen molar-refractivity contribution >= 4 is 44.4 Å². The molecule has 1 saturated carbocycles. The summed E-state index contributed by atoms with van der Waals surface area (Å²) in [6.45, 7) is 8.48. The third-order valence-electron chi connectivity index (χ3n) is 7.53. The molecule has 0 radical (unpaired) electrons. The van der Waals surface area contributed by atoms with Gasteiger partial charge in [0.15, 0.2) is 9.84 Å². The normalized spacial score (nSPS) is 19.5. The number of aromatic nitrogens is 2. The number of benzene rings is 1. The van der Waals surface area contributed by atoms with Crippen molar-refractivity contribution in [2.24, 2.45) is 0 Å². The predicted octanol–water partition coefficient (Wildman–Crippen LogP) is 3.78. The van der Waals surface area contributed by atoms with E-state index in [4.69, 9.17) is 14.5 Å². The molecular formula is C29H37N5O6S. The number of nitrogens with one attached hydrogen (secondary N) is 1. The molecule has 1 saturated heterocycles. The van der Waals surface area contributed by atoms with Gasteiger partial charge in [-0.05, 0) is 70.0 Å². The molecule has 11 nitrogen and oxygen atoms in total. The lowest BCUT2D eigenvalue weighted by molar-refractivity contribution is 0.0457. The minimum Gasteiger partial charge on any atom is -0.465 e. The number of fused-ring (bicyclic) bond motifs is 1. The van der Waals surface area contributed by atoms with E-state index in [1.807, 2.05) is 49.6 Å². The molecule has 0 atom stereocenters. The first kappa shape index (κ1) is 28.7. The molecule has 2 aliphatic rings. The molecule has 220 valence electrons. The number of anilines is 2. The van der Waals surface area contributed by atoms with E-state index < -0.39 is 27.5 Å². The summed E-state index contributed by atoms with van der Waals surface area (Å²) < 4.78 is 36.0. The molecule has 1 aliphatic heterocycles. The third-order valence-corrected chi connectivity index (χ3v) is 8.66. The van der Waals surface area contributed by atoms with Crippen molar-refractivity contribution in [2.75, 3.05) is 49.3 Å². The Morgan fingerprint density at radius 2 is 1.61 bits per heavy atom. The Kier molecular flexibility index (Phi) is 7.62. The molecule has 2 aromatic heterocycles. The maximum Gasteiger partial charge on any atom is 0.407 e. The summed E-state index contributed by atoms with van der Waals surface area (Å²) in [5.74, 6) is 0.407. The van der Waals surface area contributed by atoms with Gasteiger partial charge >= 0.3 is 12.1 Å². The highest BCUT2D eigenvalue weighted by molar-refractivity contribution is 7.90. The van der Waals surface area contributed by atoms with Crippen LogP contribution in [0, 0.1) is 0 Å². The van der Waals surface area contributed by atoms with Crippen LogP contribution in [0.15, 0.2) is 47.5 Å². The number of nitrogens with zero attached hydrogens (tertiary/aromatic N) is 4. The Balaban J connectivity index is 1.30. The topological polar surface area (TPSA) is 123 Å². The van der Waals surface area contributed by atoms with E-state index in [2.05, 4.69) is 15.1 Å². The number of ether oxygens (including phenoxy) is 2. The molecule has 1 N–H and O–H groups in total. The van der Waals surface area contributed by atoms with E-state index in [0.717, 1.165) is 43.1 Å². The van der Waals surface area contributed by atoms with Gasteiger partial charge < -0.3 is 29.2 Å². The van der Waals surface area contributed by atoms with Crippen molar-refractivity contribution in [3.05, 3.63) is 48.2 Å². The maximum atomic E-state index is 12.6. The molecule has 3 aromatic rings. The predicted molar refractivity (Wildman–Crippen MR) is 156 cm³/mol. The van der Waals surface area contributed by atoms with Crippen LogP contribution in [-0.4, -0.2) is 81.2 Å². The lowest BCUT2D eigenvalue weighted by Crippen LogP contribution is -2.47. The van der Waals surface area contributed by atoms with Crippen LogP contribution in [0.4, 0.5) is 16.3 Å². The largest absolute Gasteiger partial charge is 0.465 e. The van der Waals surface area contributed by atoms with Crippen LogP contribution in [0.3, 0.4) is 0 Å². The highest BCUT2D eigenvalue weighted by atomic mass is 32.2. The molecule has 0 bridgehead atoms. The molecular weight excluding hydrogens is 546 g/mol. The van der Waals surface area contributed by atoms with Crippen LogP contribution in [0.1, 0.15) is 50.0 Å². The number of carbonyl (C=O) groups is 2. The Labute approximate surface area is 240 Å². The van der Waals surface area contributed by atoms with Gasteiger partial charge in [0, 0.05) is 61.8 Å². The van der Waals surface area contributed by atoms with Gasteiger partial charge in [0.05, 0.1) is 17.6 Å². The molecule has 3 heterocycles. The summed E-state index contributed by atoms with van der Waals surface area (Å²) in [5, 5.41) is 3.65. The second kappa shape index (κ2) is 10.9. The van der Waals surface area contributed by atoms with E-state index in [-0.39, 0.29) is 12.1 Å². The molecule has 5 rings (SSSR count). The number of methoxy groups -OCH3 is 1. The molecule has 2 fully saturated rings. The lowest BCUT2D eigenvalue weighted by Gasteiger charge is -2.38. The van der Waals surface area contributed by atoms with E-state index >= 15 is 0 Å². The Morgan fingerprint density at radius 3 is 2.20 bits per heavy atom. The number of rotatable bonds is 6. The fourth-order valence-corrected chi connectivity index (χ4v) is 5.98. The van der Waals surface area contributed by atoms with Gasteiger partial charge in [0.2, 0.25) is 0 Å². The Bertz CT molecular complexity index is 1550. The standard InChI is InChI=1S/C29H37N5O6S/c1-29(2,3)40-28(36)30-19-16-21(17-19)34-18-24(27(35)39-4)23-10-11-25(31-26(23)34)33-14-12-32(13-15-33)20-6-8-22(9-7-20)41(5,37)38/h6-11,18-19,21H,12-17H2,1-5H3,(H,30,36)/t19-,21+. The van der Waals surface area contributed by atoms with Crippen LogP contribution in [-0.2, 0) is 19.3 Å². The number of esters is 1. The number of amides is 1. The first-order chi connectivity index (χ1) is 19.3. The van der Waals surface area contributed by atoms with Gasteiger partial charge in [-0.2, -0.15) is 0 Å². The van der Waals surface area contributed by atoms with Crippen molar-refractivity contribution < 1.29 is 27.5 Å². The van der Waals surface area contributed by atoms with Gasteiger partial charge in [-0.25, -0.2) is 23.0 Å². The first-order valence-electron chi connectivity index (χ1n) is 13.7. The van der Waals surface area contributed by atoms with Gasteiger partial charge in [0.25, 0.3) is 0 Å². The Hall–Kier alpha value is -3.80. The van der Waals surface area contributed by atoms with E-state index in [9.17, 15) is 18.0 Å². The molecule has 0 unspecified atom stereocenters. The highest BCUT2D eigenvalue weighted by Gasteiger charge is 2.35. The zero-order valence-electron chi connectivity index (χ0n) is 24.1. The van der Waals surface area contributed by atoms with Crippen LogP contribution >= 0.6 is 0 Å². The van der Waals surface area contributed by atoms with E-state index in [1.54, 1.807) is 18.3 Å². The highest BCUT2D eigenvalue weighted by Crippen LogP contribution is 2.37. The van der Waals surface area contributed by atoms with Crippen molar-refractivity contribution in [3.63, 3.8) is 0 Å². The average Bonchev–Trinajstić information content (AvgIpc) is 3.27. The molecule has 1 aliphatic carbocycles. The summed E-state index contributed by atoms with van der Waals surface area (Å²) in [7, 11) is -1.86. The van der Waals surface area contributed by atoms with Crippen LogP contribution in [0.25, 0.3) is 11.0 Å². The SMILES string of the molecule is COC(=O)c1cn([C@H]2C[C@@H](NC(=O)OC(C)(C)C)C2)c2nc(N3CCN(c4ccc(S(C)(=O)=O)cc4)CC3)ccc12. The number of pyridine rings is 1. The number of piperazine rings is 1. The maximum absolute atomic E-state index is 12.6. The summed E-state index contributed by atoms with van der Waals surface area (Å²) >= 11 is 0. The number of carbonyl (C=O) groups excluding carboxylic acids is 2. The quantitative estimate of drug-likeness (QED) is 0.432. The summed E-state index contributed by atoms with van der Waals surface area (Å²) in [6, 6.07) is 10.9. The second-order valence-electron chi connectivity index (χ2n) is 11.7. The fraction of sp³-hybridized carbons (Fsp3) is 0.483. The van der Waals surface area contributed by atoms with Gasteiger partial charge in [-0.3, -0.25) is 0 Å². The minimum absolute atomic E-state index is 0.0170. The van der Waals surface area contributed by atoms with Crippen LogP contribution in [0.2, 0.25) is 0 Å². The lowest BCUT2D eigenvalue weighted by atomic mass is 9.86. The summed E-state index contributed by atoms with van der Waals surface area (Å²) in [5.41, 5.74) is 1.60. The first-order valence-corrected chi connectivity index (χ1v) is 15.6. The van der Waals surface area contributed by atoms with E-state index in [1.165, 1.54) is 13.4 Å². The van der Waals surface area contributed by atoms with Crippen molar-refractivity contribution in [1.82, 2.24) is 14.9 Å². The monoisotopic (exact) mass is 583 g/mol. The van der Waals surface area contributed by atoms with Gasteiger partial charge in [-0.15, -0.1) is 0 Å². The molecule has 12 heteroatoms. The summed E-state index contributed by atoms with van der Waals surface area (Å²) in [4.78, 5) is 34.5.